The highest BCUT2D eigenvalue weighted by Crippen LogP contribution is 2.05. The molecule has 0 atom stereocenters. The normalized spacial score (nSPS) is 10.4. The number of ether oxygens (including phenoxy) is 2. The molecule has 1 rings (SSSR count). The standard InChI is InChI=1S/C9H14FN3O3/c1-7-8(9(14)16-6-5-15-2)11-12-13(7)4-3-10/h3-6H2,1-2H3. The van der Waals surface area contributed by atoms with Gasteiger partial charge in [-0.05, 0) is 6.92 Å². The van der Waals surface area contributed by atoms with Gasteiger partial charge in [-0.3, -0.25) is 0 Å². The molecule has 0 spiro atoms. The first-order chi connectivity index (χ1) is 7.70. The summed E-state index contributed by atoms with van der Waals surface area (Å²) >= 11 is 0. The predicted molar refractivity (Wildman–Crippen MR) is 52.9 cm³/mol. The van der Waals surface area contributed by atoms with E-state index in [2.05, 4.69) is 10.3 Å². The minimum absolute atomic E-state index is 0.0875. The maximum absolute atomic E-state index is 12.1. The Morgan fingerprint density at radius 1 is 1.50 bits per heavy atom. The Hall–Kier alpha value is -1.50. The van der Waals surface area contributed by atoms with Crippen molar-refractivity contribution in [2.45, 2.75) is 13.5 Å². The number of hydrogen-bond donors (Lipinski definition) is 0. The molecule has 90 valence electrons. The average molecular weight is 231 g/mol. The number of methoxy groups -OCH3 is 1. The van der Waals surface area contributed by atoms with Crippen LogP contribution in [0.25, 0.3) is 0 Å². The van der Waals surface area contributed by atoms with Crippen LogP contribution in [-0.2, 0) is 16.0 Å². The SMILES string of the molecule is COCCOC(=O)c1nnn(CCF)c1C. The Labute approximate surface area is 92.3 Å². The van der Waals surface area contributed by atoms with E-state index in [4.69, 9.17) is 9.47 Å². The van der Waals surface area contributed by atoms with Gasteiger partial charge >= 0.3 is 5.97 Å². The van der Waals surface area contributed by atoms with E-state index in [1.165, 1.54) is 11.8 Å². The molecule has 0 fully saturated rings. The molecule has 0 unspecified atom stereocenters. The zero-order chi connectivity index (χ0) is 12.0. The van der Waals surface area contributed by atoms with Gasteiger partial charge in [0.2, 0.25) is 0 Å². The lowest BCUT2D eigenvalue weighted by molar-refractivity contribution is 0.0380. The Kier molecular flexibility index (Phi) is 4.84. The zero-order valence-electron chi connectivity index (χ0n) is 9.27. The first kappa shape index (κ1) is 12.6. The first-order valence-electron chi connectivity index (χ1n) is 4.82. The molecule has 16 heavy (non-hydrogen) atoms. The van der Waals surface area contributed by atoms with E-state index in [-0.39, 0.29) is 18.8 Å². The van der Waals surface area contributed by atoms with Crippen LogP contribution in [0.2, 0.25) is 0 Å². The first-order valence-corrected chi connectivity index (χ1v) is 4.82. The molecule has 1 heterocycles. The van der Waals surface area contributed by atoms with E-state index < -0.39 is 12.6 Å². The molecule has 0 aliphatic rings. The van der Waals surface area contributed by atoms with Crippen LogP contribution >= 0.6 is 0 Å². The van der Waals surface area contributed by atoms with Gasteiger partial charge in [0.1, 0.15) is 13.3 Å². The Morgan fingerprint density at radius 3 is 2.88 bits per heavy atom. The molecule has 0 saturated heterocycles. The molecular formula is C9H14FN3O3. The smallest absolute Gasteiger partial charge is 0.360 e. The Balaban J connectivity index is 2.61. The van der Waals surface area contributed by atoms with Crippen LogP contribution in [-0.4, -0.2) is 48.0 Å². The van der Waals surface area contributed by atoms with Gasteiger partial charge in [0.05, 0.1) is 18.8 Å². The summed E-state index contributed by atoms with van der Waals surface area (Å²) in [5.74, 6) is -0.570. The van der Waals surface area contributed by atoms with Crippen molar-refractivity contribution in [1.82, 2.24) is 15.0 Å². The fourth-order valence-corrected chi connectivity index (χ4v) is 1.13. The van der Waals surface area contributed by atoms with Crippen molar-refractivity contribution in [3.63, 3.8) is 0 Å². The molecule has 0 radical (unpaired) electrons. The third-order valence-electron chi connectivity index (χ3n) is 1.99. The van der Waals surface area contributed by atoms with E-state index in [9.17, 15) is 9.18 Å². The summed E-state index contributed by atoms with van der Waals surface area (Å²) in [7, 11) is 1.51. The number of alkyl halides is 1. The minimum atomic E-state index is -0.570. The number of carbonyl (C=O) groups is 1. The molecule has 6 nitrogen and oxygen atoms in total. The van der Waals surface area contributed by atoms with E-state index in [1.807, 2.05) is 0 Å². The number of rotatable bonds is 6. The molecule has 0 aliphatic carbocycles. The third kappa shape index (κ3) is 2.99. The highest BCUT2D eigenvalue weighted by molar-refractivity contribution is 5.88. The molecule has 0 aromatic carbocycles. The van der Waals surface area contributed by atoms with Crippen molar-refractivity contribution < 1.29 is 18.7 Å². The van der Waals surface area contributed by atoms with Crippen LogP contribution in [0.1, 0.15) is 16.2 Å². The summed E-state index contributed by atoms with van der Waals surface area (Å²) in [6.07, 6.45) is 0. The summed E-state index contributed by atoms with van der Waals surface area (Å²) in [6, 6.07) is 0. The largest absolute Gasteiger partial charge is 0.458 e. The van der Waals surface area contributed by atoms with Crippen molar-refractivity contribution in [1.29, 1.82) is 0 Å². The maximum Gasteiger partial charge on any atom is 0.360 e. The van der Waals surface area contributed by atoms with Crippen LogP contribution < -0.4 is 0 Å². The van der Waals surface area contributed by atoms with Crippen LogP contribution in [0.4, 0.5) is 4.39 Å². The Bertz CT molecular complexity index is 354. The monoisotopic (exact) mass is 231 g/mol. The molecule has 1 aromatic heterocycles. The predicted octanol–water partition coefficient (Wildman–Crippen LogP) is 0.359. The average Bonchev–Trinajstić information content (AvgIpc) is 2.62. The van der Waals surface area contributed by atoms with E-state index >= 15 is 0 Å². The van der Waals surface area contributed by atoms with Crippen LogP contribution in [0, 0.1) is 6.92 Å². The molecule has 0 aliphatic heterocycles. The molecule has 7 heteroatoms. The summed E-state index contributed by atoms with van der Waals surface area (Å²) in [4.78, 5) is 11.5. The van der Waals surface area contributed by atoms with Gasteiger partial charge in [-0.15, -0.1) is 5.10 Å². The second-order valence-electron chi connectivity index (χ2n) is 3.06. The van der Waals surface area contributed by atoms with Crippen LogP contribution in [0.15, 0.2) is 0 Å². The number of esters is 1. The lowest BCUT2D eigenvalue weighted by Gasteiger charge is -2.02. The third-order valence-corrected chi connectivity index (χ3v) is 1.99. The molecule has 0 bridgehead atoms. The molecule has 0 saturated carbocycles. The fraction of sp³-hybridized carbons (Fsp3) is 0.667. The number of halogens is 1. The van der Waals surface area contributed by atoms with Crippen molar-refractivity contribution in [3.05, 3.63) is 11.4 Å². The van der Waals surface area contributed by atoms with Gasteiger partial charge in [0.25, 0.3) is 0 Å². The number of nitrogens with zero attached hydrogens (tertiary/aromatic N) is 3. The molecule has 1 aromatic rings. The van der Waals surface area contributed by atoms with Crippen molar-refractivity contribution in [2.75, 3.05) is 27.0 Å². The minimum Gasteiger partial charge on any atom is -0.458 e. The van der Waals surface area contributed by atoms with E-state index in [0.29, 0.717) is 12.3 Å². The number of aryl methyl sites for hydroxylation is 1. The molecule has 0 N–H and O–H groups in total. The van der Waals surface area contributed by atoms with E-state index in [1.54, 1.807) is 6.92 Å². The van der Waals surface area contributed by atoms with Gasteiger partial charge < -0.3 is 9.47 Å². The van der Waals surface area contributed by atoms with Crippen LogP contribution in [0.3, 0.4) is 0 Å². The highest BCUT2D eigenvalue weighted by Gasteiger charge is 2.17. The highest BCUT2D eigenvalue weighted by atomic mass is 19.1. The Morgan fingerprint density at radius 2 is 2.25 bits per heavy atom. The van der Waals surface area contributed by atoms with Gasteiger partial charge in [-0.1, -0.05) is 5.21 Å². The van der Waals surface area contributed by atoms with Crippen molar-refractivity contribution in [2.24, 2.45) is 0 Å². The second kappa shape index (κ2) is 6.16. The molecular weight excluding hydrogens is 217 g/mol. The summed E-state index contributed by atoms with van der Waals surface area (Å²) in [5, 5.41) is 7.29. The van der Waals surface area contributed by atoms with Gasteiger partial charge in [0, 0.05) is 7.11 Å². The fourth-order valence-electron chi connectivity index (χ4n) is 1.13. The van der Waals surface area contributed by atoms with Gasteiger partial charge in [-0.25, -0.2) is 13.9 Å². The number of carbonyl (C=O) groups excluding carboxylic acids is 1. The number of hydrogen-bond acceptors (Lipinski definition) is 5. The van der Waals surface area contributed by atoms with E-state index in [0.717, 1.165) is 0 Å². The summed E-state index contributed by atoms with van der Waals surface area (Å²) in [5.41, 5.74) is 0.615. The quantitative estimate of drug-likeness (QED) is 0.522. The zero-order valence-corrected chi connectivity index (χ0v) is 9.27. The number of aromatic nitrogens is 3. The lowest BCUT2D eigenvalue weighted by atomic mass is 10.3. The van der Waals surface area contributed by atoms with Crippen molar-refractivity contribution >= 4 is 5.97 Å². The summed E-state index contributed by atoms with van der Waals surface area (Å²) < 4.78 is 23.0. The van der Waals surface area contributed by atoms with Crippen LogP contribution in [0.5, 0.6) is 0 Å². The van der Waals surface area contributed by atoms with Gasteiger partial charge in [0.15, 0.2) is 5.69 Å². The lowest BCUT2D eigenvalue weighted by Crippen LogP contribution is -2.12. The topological polar surface area (TPSA) is 66.2 Å². The second-order valence-corrected chi connectivity index (χ2v) is 3.06. The molecule has 0 amide bonds. The van der Waals surface area contributed by atoms with Gasteiger partial charge in [-0.2, -0.15) is 0 Å². The summed E-state index contributed by atoms with van der Waals surface area (Å²) in [6.45, 7) is 1.66. The van der Waals surface area contributed by atoms with Crippen molar-refractivity contribution in [3.8, 4) is 0 Å². The maximum atomic E-state index is 12.1.